The van der Waals surface area contributed by atoms with Gasteiger partial charge in [0.15, 0.2) is 0 Å². The summed E-state index contributed by atoms with van der Waals surface area (Å²) < 4.78 is 7.12. The number of ether oxygens (including phenoxy) is 1. The molecule has 19 heavy (non-hydrogen) atoms. The second kappa shape index (κ2) is 6.38. The fraction of sp³-hybridized carbons (Fsp3) is 0.400. The van der Waals surface area contributed by atoms with Crippen LogP contribution in [0, 0.1) is 0 Å². The number of hydrogen-bond acceptors (Lipinski definition) is 3. The number of rotatable bonds is 6. The third-order valence-corrected chi connectivity index (χ3v) is 3.03. The highest BCUT2D eigenvalue weighted by molar-refractivity contribution is 5.27. The number of hydrogen-bond donors (Lipinski definition) is 1. The van der Waals surface area contributed by atoms with Crippen LogP contribution in [0.1, 0.15) is 18.1 Å². The molecule has 0 spiro atoms. The van der Waals surface area contributed by atoms with Crippen molar-refractivity contribution in [1.82, 2.24) is 9.78 Å². The molecule has 1 aromatic heterocycles. The van der Waals surface area contributed by atoms with E-state index in [1.807, 2.05) is 29.9 Å². The fourth-order valence-corrected chi connectivity index (χ4v) is 2.04. The first-order valence-electron chi connectivity index (χ1n) is 6.57. The number of methoxy groups -OCH3 is 1. The highest BCUT2D eigenvalue weighted by Gasteiger charge is 2.02. The van der Waals surface area contributed by atoms with Gasteiger partial charge in [0.25, 0.3) is 0 Å². The third kappa shape index (κ3) is 4.10. The summed E-state index contributed by atoms with van der Waals surface area (Å²) in [5, 5.41) is 4.35. The van der Waals surface area contributed by atoms with E-state index in [1.165, 1.54) is 11.1 Å². The Morgan fingerprint density at radius 2 is 2.00 bits per heavy atom. The molecule has 1 unspecified atom stereocenters. The summed E-state index contributed by atoms with van der Waals surface area (Å²) >= 11 is 0. The van der Waals surface area contributed by atoms with E-state index in [0.717, 1.165) is 25.1 Å². The average molecular weight is 259 g/mol. The molecule has 0 aliphatic rings. The van der Waals surface area contributed by atoms with Crippen LogP contribution in [0.5, 0.6) is 5.75 Å². The number of nitrogens with zero attached hydrogens (tertiary/aromatic N) is 2. The van der Waals surface area contributed by atoms with Gasteiger partial charge in [-0.1, -0.05) is 12.1 Å². The standard InChI is InChI=1S/C15H21N3O/c1-12(16)9-14-10-17-18(11-14)8-7-13-3-5-15(19-2)6-4-13/h3-6,10-12H,7-9,16H2,1-2H3. The van der Waals surface area contributed by atoms with Crippen LogP contribution in [0.25, 0.3) is 0 Å². The van der Waals surface area contributed by atoms with E-state index in [9.17, 15) is 0 Å². The lowest BCUT2D eigenvalue weighted by atomic mass is 10.1. The molecule has 1 heterocycles. The summed E-state index contributed by atoms with van der Waals surface area (Å²) in [5.41, 5.74) is 8.26. The minimum Gasteiger partial charge on any atom is -0.497 e. The van der Waals surface area contributed by atoms with Crippen LogP contribution < -0.4 is 10.5 Å². The van der Waals surface area contributed by atoms with E-state index < -0.39 is 0 Å². The molecule has 1 atom stereocenters. The minimum atomic E-state index is 0.180. The normalized spacial score (nSPS) is 12.4. The summed E-state index contributed by atoms with van der Waals surface area (Å²) in [6.45, 7) is 2.89. The average Bonchev–Trinajstić information content (AvgIpc) is 2.84. The van der Waals surface area contributed by atoms with Gasteiger partial charge in [0.05, 0.1) is 13.3 Å². The Morgan fingerprint density at radius 1 is 1.26 bits per heavy atom. The highest BCUT2D eigenvalue weighted by Crippen LogP contribution is 2.12. The maximum Gasteiger partial charge on any atom is 0.118 e. The monoisotopic (exact) mass is 259 g/mol. The van der Waals surface area contributed by atoms with Crippen molar-refractivity contribution in [3.63, 3.8) is 0 Å². The van der Waals surface area contributed by atoms with E-state index in [-0.39, 0.29) is 6.04 Å². The summed E-state index contributed by atoms with van der Waals surface area (Å²) in [7, 11) is 1.68. The molecule has 0 bridgehead atoms. The van der Waals surface area contributed by atoms with Crippen LogP contribution in [0.2, 0.25) is 0 Å². The topological polar surface area (TPSA) is 53.1 Å². The lowest BCUT2D eigenvalue weighted by Crippen LogP contribution is -2.17. The molecular weight excluding hydrogens is 238 g/mol. The molecule has 4 heteroatoms. The predicted molar refractivity (Wildman–Crippen MR) is 76.3 cm³/mol. The quantitative estimate of drug-likeness (QED) is 0.863. The van der Waals surface area contributed by atoms with Crippen molar-refractivity contribution >= 4 is 0 Å². The van der Waals surface area contributed by atoms with Gasteiger partial charge < -0.3 is 10.5 Å². The highest BCUT2D eigenvalue weighted by atomic mass is 16.5. The lowest BCUT2D eigenvalue weighted by molar-refractivity contribution is 0.414. The molecule has 2 aromatic rings. The predicted octanol–water partition coefficient (Wildman–Crippen LogP) is 2.02. The first-order valence-corrected chi connectivity index (χ1v) is 6.57. The van der Waals surface area contributed by atoms with Gasteiger partial charge in [0, 0.05) is 18.8 Å². The van der Waals surface area contributed by atoms with Crippen molar-refractivity contribution in [1.29, 1.82) is 0 Å². The zero-order valence-electron chi connectivity index (χ0n) is 11.5. The second-order valence-electron chi connectivity index (χ2n) is 4.89. The first-order chi connectivity index (χ1) is 9.17. The van der Waals surface area contributed by atoms with Gasteiger partial charge in [-0.15, -0.1) is 0 Å². The van der Waals surface area contributed by atoms with Crippen LogP contribution in [0.15, 0.2) is 36.7 Å². The Labute approximate surface area is 114 Å². The molecule has 0 saturated carbocycles. The molecule has 1 aromatic carbocycles. The van der Waals surface area contributed by atoms with Crippen LogP contribution in [0.4, 0.5) is 0 Å². The van der Waals surface area contributed by atoms with Gasteiger partial charge >= 0.3 is 0 Å². The zero-order chi connectivity index (χ0) is 13.7. The Bertz CT molecular complexity index is 502. The van der Waals surface area contributed by atoms with Crippen LogP contribution in [0.3, 0.4) is 0 Å². The number of aromatic nitrogens is 2. The Kier molecular flexibility index (Phi) is 4.58. The molecule has 0 fully saturated rings. The molecule has 102 valence electrons. The van der Waals surface area contributed by atoms with E-state index in [1.54, 1.807) is 7.11 Å². The van der Waals surface area contributed by atoms with Crippen molar-refractivity contribution in [2.24, 2.45) is 5.73 Å². The first kappa shape index (κ1) is 13.6. The molecule has 0 aliphatic heterocycles. The molecule has 2 N–H and O–H groups in total. The summed E-state index contributed by atoms with van der Waals surface area (Å²) in [4.78, 5) is 0. The fourth-order valence-electron chi connectivity index (χ4n) is 2.04. The zero-order valence-corrected chi connectivity index (χ0v) is 11.5. The van der Waals surface area contributed by atoms with Crippen molar-refractivity contribution < 1.29 is 4.74 Å². The number of benzene rings is 1. The number of aryl methyl sites for hydroxylation is 2. The van der Waals surface area contributed by atoms with Gasteiger partial charge in [0.1, 0.15) is 5.75 Å². The Hall–Kier alpha value is -1.81. The molecule has 0 amide bonds. The van der Waals surface area contributed by atoms with Gasteiger partial charge in [-0.2, -0.15) is 5.10 Å². The van der Waals surface area contributed by atoms with Crippen molar-refractivity contribution in [2.75, 3.05) is 7.11 Å². The maximum absolute atomic E-state index is 5.78. The smallest absolute Gasteiger partial charge is 0.118 e. The van der Waals surface area contributed by atoms with Crippen LogP contribution in [-0.4, -0.2) is 22.9 Å². The number of nitrogens with two attached hydrogens (primary N) is 1. The van der Waals surface area contributed by atoms with E-state index in [2.05, 4.69) is 23.4 Å². The van der Waals surface area contributed by atoms with Gasteiger partial charge in [-0.3, -0.25) is 4.68 Å². The molecule has 0 radical (unpaired) electrons. The minimum absolute atomic E-state index is 0.180. The van der Waals surface area contributed by atoms with Crippen LogP contribution >= 0.6 is 0 Å². The SMILES string of the molecule is COc1ccc(CCn2cc(CC(C)N)cn2)cc1. The van der Waals surface area contributed by atoms with Gasteiger partial charge in [-0.05, 0) is 43.0 Å². The van der Waals surface area contributed by atoms with Crippen LogP contribution in [-0.2, 0) is 19.4 Å². The van der Waals surface area contributed by atoms with Crippen molar-refractivity contribution in [3.05, 3.63) is 47.8 Å². The van der Waals surface area contributed by atoms with Gasteiger partial charge in [0.2, 0.25) is 0 Å². The maximum atomic E-state index is 5.78. The van der Waals surface area contributed by atoms with Crippen molar-refractivity contribution in [3.8, 4) is 5.75 Å². The van der Waals surface area contributed by atoms with Crippen molar-refractivity contribution in [2.45, 2.75) is 32.4 Å². The summed E-state index contributed by atoms with van der Waals surface area (Å²) in [5.74, 6) is 0.891. The largest absolute Gasteiger partial charge is 0.497 e. The third-order valence-electron chi connectivity index (χ3n) is 3.03. The lowest BCUT2D eigenvalue weighted by Gasteiger charge is -2.04. The van der Waals surface area contributed by atoms with E-state index in [4.69, 9.17) is 10.5 Å². The Morgan fingerprint density at radius 3 is 2.63 bits per heavy atom. The summed E-state index contributed by atoms with van der Waals surface area (Å²) in [6.07, 6.45) is 5.82. The molecule has 2 rings (SSSR count). The molecular formula is C15H21N3O. The molecule has 4 nitrogen and oxygen atoms in total. The molecule has 0 aliphatic carbocycles. The van der Waals surface area contributed by atoms with Gasteiger partial charge in [-0.25, -0.2) is 0 Å². The second-order valence-corrected chi connectivity index (χ2v) is 4.89. The summed E-state index contributed by atoms with van der Waals surface area (Å²) in [6, 6.07) is 8.33. The van der Waals surface area contributed by atoms with E-state index in [0.29, 0.717) is 0 Å². The molecule has 0 saturated heterocycles. The Balaban J connectivity index is 1.89. The van der Waals surface area contributed by atoms with E-state index >= 15 is 0 Å².